The molecule has 0 fully saturated rings. The monoisotopic (exact) mass is 353 g/mol. The van der Waals surface area contributed by atoms with Gasteiger partial charge in [0, 0.05) is 13.1 Å². The summed E-state index contributed by atoms with van der Waals surface area (Å²) in [5.74, 6) is 1.15. The molecular weight excluding hydrogens is 332 g/mol. The zero-order chi connectivity index (χ0) is 17.2. The van der Waals surface area contributed by atoms with Gasteiger partial charge < -0.3 is 15.4 Å². The average molecular weight is 353 g/mol. The lowest BCUT2D eigenvalue weighted by molar-refractivity contribution is 0.0818. The predicted octanol–water partition coefficient (Wildman–Crippen LogP) is 3.65. The van der Waals surface area contributed by atoms with Gasteiger partial charge in [0.2, 0.25) is 0 Å². The van der Waals surface area contributed by atoms with E-state index >= 15 is 0 Å². The van der Waals surface area contributed by atoms with Crippen molar-refractivity contribution in [1.82, 2.24) is 10.6 Å². The minimum absolute atomic E-state index is 0.440. The van der Waals surface area contributed by atoms with Crippen molar-refractivity contribution < 1.29 is 13.5 Å². The average Bonchev–Trinajstić information content (AvgIpc) is 3.09. The van der Waals surface area contributed by atoms with Crippen LogP contribution in [-0.4, -0.2) is 25.5 Å². The number of hydrogen-bond donors (Lipinski definition) is 2. The molecule has 0 saturated heterocycles. The van der Waals surface area contributed by atoms with Crippen LogP contribution in [0.15, 0.2) is 46.1 Å². The molecule has 0 spiro atoms. The molecule has 0 amide bonds. The summed E-state index contributed by atoms with van der Waals surface area (Å²) >= 11 is 1.65. The van der Waals surface area contributed by atoms with Gasteiger partial charge in [-0.15, -0.1) is 0 Å². The molecule has 1 aromatic heterocycles. The fourth-order valence-corrected chi connectivity index (χ4v) is 2.64. The number of guanidine groups is 1. The Morgan fingerprint density at radius 1 is 1.25 bits per heavy atom. The minimum atomic E-state index is -2.48. The van der Waals surface area contributed by atoms with Crippen LogP contribution in [0.4, 0.5) is 8.78 Å². The van der Waals surface area contributed by atoms with Crippen molar-refractivity contribution >= 4 is 17.3 Å². The maximum absolute atomic E-state index is 12.2. The van der Waals surface area contributed by atoms with E-state index in [9.17, 15) is 8.78 Å². The Morgan fingerprint density at radius 2 is 2.12 bits per heavy atom. The fraction of sp³-hybridized carbons (Fsp3) is 0.353. The molecule has 24 heavy (non-hydrogen) atoms. The SMILES string of the molecule is CCNC(=NCc1ccsc1)NCc1cccc(OCC(F)F)c1. The van der Waals surface area contributed by atoms with Gasteiger partial charge in [0.1, 0.15) is 12.4 Å². The standard InChI is InChI=1S/C17H21F2N3OS/c1-2-20-17(22-10-14-6-7-24-12-14)21-9-13-4-3-5-15(8-13)23-11-16(18)19/h3-8,12,16H,2,9-11H2,1H3,(H2,20,21,22). The number of aliphatic imine (C=N–C) groups is 1. The molecule has 7 heteroatoms. The molecule has 2 N–H and O–H groups in total. The number of alkyl halides is 2. The number of nitrogens with one attached hydrogen (secondary N) is 2. The Balaban J connectivity index is 1.91. The third-order valence-electron chi connectivity index (χ3n) is 3.08. The molecule has 0 saturated carbocycles. The first-order chi connectivity index (χ1) is 11.7. The van der Waals surface area contributed by atoms with Gasteiger partial charge in [0.15, 0.2) is 5.96 Å². The van der Waals surface area contributed by atoms with Crippen molar-refractivity contribution in [2.75, 3.05) is 13.2 Å². The van der Waals surface area contributed by atoms with E-state index in [2.05, 4.69) is 21.0 Å². The molecule has 2 rings (SSSR count). The van der Waals surface area contributed by atoms with Crippen LogP contribution in [0.1, 0.15) is 18.1 Å². The van der Waals surface area contributed by atoms with Gasteiger partial charge in [0.25, 0.3) is 6.43 Å². The normalized spacial score (nSPS) is 11.6. The largest absolute Gasteiger partial charge is 0.488 e. The second-order valence-electron chi connectivity index (χ2n) is 5.03. The maximum Gasteiger partial charge on any atom is 0.272 e. The van der Waals surface area contributed by atoms with Crippen LogP contribution in [0.25, 0.3) is 0 Å². The summed E-state index contributed by atoms with van der Waals surface area (Å²) in [6, 6.07) is 9.15. The smallest absolute Gasteiger partial charge is 0.272 e. The first-order valence-electron chi connectivity index (χ1n) is 7.70. The Morgan fingerprint density at radius 3 is 2.83 bits per heavy atom. The van der Waals surface area contributed by atoms with Gasteiger partial charge in [-0.2, -0.15) is 11.3 Å². The first kappa shape index (κ1) is 18.2. The summed E-state index contributed by atoms with van der Waals surface area (Å²) in [6.07, 6.45) is -2.48. The topological polar surface area (TPSA) is 45.7 Å². The highest BCUT2D eigenvalue weighted by Gasteiger charge is 2.04. The number of thiophene rings is 1. The van der Waals surface area contributed by atoms with Gasteiger partial charge in [-0.1, -0.05) is 12.1 Å². The molecule has 0 atom stereocenters. The second-order valence-corrected chi connectivity index (χ2v) is 5.81. The number of hydrogen-bond acceptors (Lipinski definition) is 3. The van der Waals surface area contributed by atoms with Crippen LogP contribution < -0.4 is 15.4 Å². The lowest BCUT2D eigenvalue weighted by Crippen LogP contribution is -2.36. The van der Waals surface area contributed by atoms with E-state index in [1.807, 2.05) is 24.4 Å². The van der Waals surface area contributed by atoms with Crippen LogP contribution in [0, 0.1) is 0 Å². The molecule has 0 aliphatic heterocycles. The van der Waals surface area contributed by atoms with Crippen molar-refractivity contribution in [2.45, 2.75) is 26.4 Å². The summed E-state index contributed by atoms with van der Waals surface area (Å²) in [4.78, 5) is 4.52. The van der Waals surface area contributed by atoms with Crippen LogP contribution in [0.2, 0.25) is 0 Å². The lowest BCUT2D eigenvalue weighted by atomic mass is 10.2. The van der Waals surface area contributed by atoms with Crippen LogP contribution in [0.3, 0.4) is 0 Å². The van der Waals surface area contributed by atoms with Crippen molar-refractivity contribution in [3.8, 4) is 5.75 Å². The quantitative estimate of drug-likeness (QED) is 0.562. The van der Waals surface area contributed by atoms with E-state index in [1.54, 1.807) is 29.5 Å². The number of benzene rings is 1. The van der Waals surface area contributed by atoms with E-state index in [4.69, 9.17) is 4.74 Å². The molecule has 2 aromatic rings. The van der Waals surface area contributed by atoms with Crippen LogP contribution in [0.5, 0.6) is 5.75 Å². The third-order valence-corrected chi connectivity index (χ3v) is 3.81. The summed E-state index contributed by atoms with van der Waals surface area (Å²) < 4.78 is 29.4. The number of ether oxygens (including phenoxy) is 1. The van der Waals surface area contributed by atoms with E-state index < -0.39 is 13.0 Å². The summed E-state index contributed by atoms with van der Waals surface area (Å²) in [6.45, 7) is 3.30. The van der Waals surface area contributed by atoms with Gasteiger partial charge in [0.05, 0.1) is 6.54 Å². The summed E-state index contributed by atoms with van der Waals surface area (Å²) in [5, 5.41) is 10.5. The van der Waals surface area contributed by atoms with Crippen LogP contribution in [-0.2, 0) is 13.1 Å². The number of rotatable bonds is 8. The van der Waals surface area contributed by atoms with Crippen molar-refractivity contribution in [3.63, 3.8) is 0 Å². The number of nitrogens with zero attached hydrogens (tertiary/aromatic N) is 1. The Kier molecular flexibility index (Phi) is 7.48. The molecule has 4 nitrogen and oxygen atoms in total. The van der Waals surface area contributed by atoms with E-state index in [1.165, 1.54) is 5.56 Å². The van der Waals surface area contributed by atoms with Crippen molar-refractivity contribution in [1.29, 1.82) is 0 Å². The summed E-state index contributed by atoms with van der Waals surface area (Å²) in [5.41, 5.74) is 2.10. The Hall–Kier alpha value is -2.15. The third kappa shape index (κ3) is 6.54. The van der Waals surface area contributed by atoms with E-state index in [0.717, 1.165) is 12.1 Å². The zero-order valence-corrected chi connectivity index (χ0v) is 14.3. The fourth-order valence-electron chi connectivity index (χ4n) is 1.98. The molecule has 0 aliphatic rings. The highest BCUT2D eigenvalue weighted by molar-refractivity contribution is 7.07. The van der Waals surface area contributed by atoms with Gasteiger partial charge in [-0.3, -0.25) is 0 Å². The van der Waals surface area contributed by atoms with Gasteiger partial charge in [-0.25, -0.2) is 13.8 Å². The van der Waals surface area contributed by atoms with Crippen molar-refractivity contribution in [3.05, 3.63) is 52.2 Å². The second kappa shape index (κ2) is 9.87. The highest BCUT2D eigenvalue weighted by Crippen LogP contribution is 2.14. The minimum Gasteiger partial charge on any atom is -0.488 e. The van der Waals surface area contributed by atoms with Crippen LogP contribution >= 0.6 is 11.3 Å². The van der Waals surface area contributed by atoms with Gasteiger partial charge >= 0.3 is 0 Å². The Labute approximate surface area is 144 Å². The van der Waals surface area contributed by atoms with Crippen molar-refractivity contribution in [2.24, 2.45) is 4.99 Å². The molecular formula is C17H21F2N3OS. The molecule has 1 heterocycles. The van der Waals surface area contributed by atoms with Gasteiger partial charge in [-0.05, 0) is 47.0 Å². The molecule has 130 valence electrons. The van der Waals surface area contributed by atoms with E-state index in [-0.39, 0.29) is 0 Å². The molecule has 1 aromatic carbocycles. The lowest BCUT2D eigenvalue weighted by Gasteiger charge is -2.12. The molecule has 0 unspecified atom stereocenters. The zero-order valence-electron chi connectivity index (χ0n) is 13.5. The predicted molar refractivity (Wildman–Crippen MR) is 93.9 cm³/mol. The first-order valence-corrected chi connectivity index (χ1v) is 8.64. The summed E-state index contributed by atoms with van der Waals surface area (Å²) in [7, 11) is 0. The molecule has 0 bridgehead atoms. The van der Waals surface area contributed by atoms with E-state index in [0.29, 0.717) is 24.8 Å². The molecule has 0 aliphatic carbocycles. The maximum atomic E-state index is 12.2. The highest BCUT2D eigenvalue weighted by atomic mass is 32.1. The number of halogens is 2. The molecule has 0 radical (unpaired) electrons. The Bertz CT molecular complexity index is 633.